The van der Waals surface area contributed by atoms with Gasteiger partial charge >= 0.3 is 0 Å². The first-order valence-electron chi connectivity index (χ1n) is 5.20. The lowest BCUT2D eigenvalue weighted by atomic mass is 10.2. The van der Waals surface area contributed by atoms with Gasteiger partial charge in [-0.05, 0) is 24.7 Å². The lowest BCUT2D eigenvalue weighted by Gasteiger charge is -2.25. The van der Waals surface area contributed by atoms with Crippen LogP contribution in [-0.4, -0.2) is 33.9 Å². The van der Waals surface area contributed by atoms with Gasteiger partial charge in [-0.25, -0.2) is 8.42 Å². The Labute approximate surface area is 95.5 Å². The van der Waals surface area contributed by atoms with Gasteiger partial charge < -0.3 is 10.1 Å². The molecule has 1 saturated heterocycles. The molecule has 1 aliphatic rings. The summed E-state index contributed by atoms with van der Waals surface area (Å²) >= 11 is 0. The van der Waals surface area contributed by atoms with E-state index in [0.717, 1.165) is 12.1 Å². The summed E-state index contributed by atoms with van der Waals surface area (Å²) in [6.45, 7) is 1.38. The lowest BCUT2D eigenvalue weighted by Crippen LogP contribution is -2.40. The number of benzene rings is 1. The second-order valence-electron chi connectivity index (χ2n) is 3.88. The Bertz CT molecular complexity index is 449. The van der Waals surface area contributed by atoms with Gasteiger partial charge in [0, 0.05) is 6.54 Å². The van der Waals surface area contributed by atoms with Crippen LogP contribution in [0.2, 0.25) is 0 Å². The van der Waals surface area contributed by atoms with Gasteiger partial charge in [0.25, 0.3) is 0 Å². The maximum Gasteiger partial charge on any atom is 0.185 e. The number of nitrogens with one attached hydrogen (secondary N) is 1. The third kappa shape index (κ3) is 2.11. The van der Waals surface area contributed by atoms with Crippen molar-refractivity contribution >= 4 is 9.84 Å². The second-order valence-corrected chi connectivity index (χ2v) is 6.11. The van der Waals surface area contributed by atoms with Crippen molar-refractivity contribution in [2.75, 3.05) is 20.3 Å². The van der Waals surface area contributed by atoms with Crippen LogP contribution in [-0.2, 0) is 21.1 Å². The highest BCUT2D eigenvalue weighted by Crippen LogP contribution is 2.21. The molecule has 0 amide bonds. The zero-order valence-corrected chi connectivity index (χ0v) is 9.96. The van der Waals surface area contributed by atoms with E-state index in [1.165, 1.54) is 0 Å². The zero-order valence-electron chi connectivity index (χ0n) is 9.14. The van der Waals surface area contributed by atoms with Gasteiger partial charge in [-0.3, -0.25) is 0 Å². The van der Waals surface area contributed by atoms with Gasteiger partial charge in [0.05, 0.1) is 18.1 Å². The van der Waals surface area contributed by atoms with Crippen molar-refractivity contribution in [1.29, 1.82) is 0 Å². The van der Waals surface area contributed by atoms with Crippen molar-refractivity contribution in [2.24, 2.45) is 0 Å². The van der Waals surface area contributed by atoms with Gasteiger partial charge in [-0.1, -0.05) is 12.1 Å². The van der Waals surface area contributed by atoms with E-state index in [1.807, 2.05) is 19.2 Å². The predicted molar refractivity (Wildman–Crippen MR) is 61.0 cm³/mol. The fourth-order valence-corrected chi connectivity index (χ4v) is 3.04. The highest BCUT2D eigenvalue weighted by molar-refractivity contribution is 7.92. The molecule has 1 heterocycles. The van der Waals surface area contributed by atoms with Crippen LogP contribution in [0.5, 0.6) is 0 Å². The summed E-state index contributed by atoms with van der Waals surface area (Å²) in [4.78, 5) is 0.389. The first-order chi connectivity index (χ1) is 7.64. The summed E-state index contributed by atoms with van der Waals surface area (Å²) < 4.78 is 28.9. The molecule has 1 fully saturated rings. The molecule has 5 heteroatoms. The average molecular weight is 241 g/mol. The smallest absolute Gasteiger partial charge is 0.185 e. The minimum atomic E-state index is -3.18. The summed E-state index contributed by atoms with van der Waals surface area (Å²) in [7, 11) is -1.32. The summed E-state index contributed by atoms with van der Waals surface area (Å²) in [5, 5.41) is 2.66. The van der Waals surface area contributed by atoms with Crippen LogP contribution < -0.4 is 5.32 Å². The molecule has 0 aliphatic carbocycles. The topological polar surface area (TPSA) is 55.4 Å². The Morgan fingerprint density at radius 1 is 1.31 bits per heavy atom. The molecule has 16 heavy (non-hydrogen) atoms. The van der Waals surface area contributed by atoms with Gasteiger partial charge in [0.2, 0.25) is 0 Å². The molecule has 2 rings (SSSR count). The van der Waals surface area contributed by atoms with Crippen LogP contribution in [0.25, 0.3) is 0 Å². The van der Waals surface area contributed by atoms with Gasteiger partial charge in [0.15, 0.2) is 9.84 Å². The highest BCUT2D eigenvalue weighted by atomic mass is 32.2. The monoisotopic (exact) mass is 241 g/mol. The normalized spacial score (nSPS) is 17.1. The zero-order chi connectivity index (χ0) is 11.6. The molecule has 1 aromatic rings. The Hall–Kier alpha value is -0.910. The minimum Gasteiger partial charge on any atom is -0.379 e. The molecule has 0 saturated carbocycles. The minimum absolute atomic E-state index is 0.320. The molecule has 88 valence electrons. The molecule has 0 aromatic heterocycles. The van der Waals surface area contributed by atoms with Crippen LogP contribution in [0, 0.1) is 0 Å². The van der Waals surface area contributed by atoms with Gasteiger partial charge in [-0.2, -0.15) is 0 Å². The Kier molecular flexibility index (Phi) is 3.28. The molecule has 0 bridgehead atoms. The standard InChI is InChI=1S/C11H15NO3S/c1-12-6-9-2-4-10(5-3-9)16(13,14)11-7-15-8-11/h2-5,11-12H,6-8H2,1H3. The van der Waals surface area contributed by atoms with Crippen molar-refractivity contribution < 1.29 is 13.2 Å². The number of rotatable bonds is 4. The van der Waals surface area contributed by atoms with Crippen molar-refractivity contribution in [3.05, 3.63) is 29.8 Å². The third-order valence-corrected chi connectivity index (χ3v) is 4.76. The molecule has 1 N–H and O–H groups in total. The van der Waals surface area contributed by atoms with Gasteiger partial charge in [-0.15, -0.1) is 0 Å². The van der Waals surface area contributed by atoms with E-state index in [4.69, 9.17) is 4.74 Å². The summed E-state index contributed by atoms with van der Waals surface area (Å²) in [6, 6.07) is 7.01. The van der Waals surface area contributed by atoms with Crippen molar-refractivity contribution in [3.63, 3.8) is 0 Å². The molecule has 0 atom stereocenters. The van der Waals surface area contributed by atoms with E-state index >= 15 is 0 Å². The molecule has 1 aliphatic heterocycles. The fraction of sp³-hybridized carbons (Fsp3) is 0.455. The van der Waals surface area contributed by atoms with Crippen LogP contribution in [0.4, 0.5) is 0 Å². The molecule has 0 unspecified atom stereocenters. The maximum absolute atomic E-state index is 12.0. The van der Waals surface area contributed by atoms with Crippen LogP contribution in [0.15, 0.2) is 29.2 Å². The Morgan fingerprint density at radius 3 is 2.38 bits per heavy atom. The molecule has 4 nitrogen and oxygen atoms in total. The SMILES string of the molecule is CNCc1ccc(S(=O)(=O)C2COC2)cc1. The van der Waals surface area contributed by atoms with E-state index < -0.39 is 9.84 Å². The lowest BCUT2D eigenvalue weighted by molar-refractivity contribution is 0.0416. The maximum atomic E-state index is 12.0. The molecular formula is C11H15NO3S. The average Bonchev–Trinajstić information content (AvgIpc) is 2.15. The van der Waals surface area contributed by atoms with Gasteiger partial charge in [0.1, 0.15) is 5.25 Å². The number of hydrogen-bond acceptors (Lipinski definition) is 4. The van der Waals surface area contributed by atoms with Crippen LogP contribution >= 0.6 is 0 Å². The second kappa shape index (κ2) is 4.53. The Balaban J connectivity index is 2.20. The largest absolute Gasteiger partial charge is 0.379 e. The van der Waals surface area contributed by atoms with E-state index in [2.05, 4.69) is 5.32 Å². The van der Waals surface area contributed by atoms with Crippen LogP contribution in [0.3, 0.4) is 0 Å². The van der Waals surface area contributed by atoms with E-state index in [1.54, 1.807) is 12.1 Å². The van der Waals surface area contributed by atoms with Crippen molar-refractivity contribution in [2.45, 2.75) is 16.7 Å². The first-order valence-corrected chi connectivity index (χ1v) is 6.74. The number of sulfone groups is 1. The molecular weight excluding hydrogens is 226 g/mol. The molecule has 1 aromatic carbocycles. The quantitative estimate of drug-likeness (QED) is 0.837. The summed E-state index contributed by atoms with van der Waals surface area (Å²) in [5.74, 6) is 0. The molecule has 0 spiro atoms. The van der Waals surface area contributed by atoms with E-state index in [0.29, 0.717) is 18.1 Å². The van der Waals surface area contributed by atoms with E-state index in [9.17, 15) is 8.42 Å². The third-order valence-electron chi connectivity index (χ3n) is 2.68. The van der Waals surface area contributed by atoms with E-state index in [-0.39, 0.29) is 5.25 Å². The fourth-order valence-electron chi connectivity index (χ4n) is 1.59. The first kappa shape index (κ1) is 11.6. The van der Waals surface area contributed by atoms with Crippen LogP contribution in [0.1, 0.15) is 5.56 Å². The highest BCUT2D eigenvalue weighted by Gasteiger charge is 2.33. The number of hydrogen-bond donors (Lipinski definition) is 1. The Morgan fingerprint density at radius 2 is 1.94 bits per heavy atom. The summed E-state index contributed by atoms with van der Waals surface area (Å²) in [6.07, 6.45) is 0. The van der Waals surface area contributed by atoms with Crippen molar-refractivity contribution in [3.8, 4) is 0 Å². The summed E-state index contributed by atoms with van der Waals surface area (Å²) in [5.41, 5.74) is 1.08. The number of ether oxygens (including phenoxy) is 1. The predicted octanol–water partition coefficient (Wildman–Crippen LogP) is 0.578. The van der Waals surface area contributed by atoms with Crippen molar-refractivity contribution in [1.82, 2.24) is 5.32 Å². The molecule has 0 radical (unpaired) electrons.